The average Bonchev–Trinajstić information content (AvgIpc) is 3.47. The van der Waals surface area contributed by atoms with Crippen LogP contribution < -0.4 is 14.2 Å². The number of nitrogens with zero attached hydrogens (tertiary/aromatic N) is 1. The van der Waals surface area contributed by atoms with E-state index in [2.05, 4.69) is 30.2 Å². The van der Waals surface area contributed by atoms with Crippen molar-refractivity contribution in [3.8, 4) is 40.7 Å². The second-order valence-corrected chi connectivity index (χ2v) is 12.2. The second kappa shape index (κ2) is 15.7. The van der Waals surface area contributed by atoms with Crippen molar-refractivity contribution in [1.29, 1.82) is 0 Å². The molecular formula is C41H41NO7. The molecule has 8 nitrogen and oxygen atoms in total. The van der Waals surface area contributed by atoms with E-state index in [4.69, 9.17) is 30.1 Å². The number of carbonyl (C=O) groups is 2. The van der Waals surface area contributed by atoms with E-state index in [1.807, 2.05) is 66.7 Å². The van der Waals surface area contributed by atoms with Crippen molar-refractivity contribution in [2.45, 2.75) is 50.2 Å². The first-order chi connectivity index (χ1) is 24.0. The number of carbonyl (C=O) groups excluding carboxylic acids is 2. The lowest BCUT2D eigenvalue weighted by Gasteiger charge is -2.34. The van der Waals surface area contributed by atoms with Gasteiger partial charge in [0.25, 0.3) is 0 Å². The first kappa shape index (κ1) is 33.5. The van der Waals surface area contributed by atoms with Crippen LogP contribution >= 0.6 is 0 Å². The Labute approximate surface area is 287 Å². The van der Waals surface area contributed by atoms with Crippen LogP contribution in [0.2, 0.25) is 0 Å². The summed E-state index contributed by atoms with van der Waals surface area (Å²) < 4.78 is 28.8. The highest BCUT2D eigenvalue weighted by Gasteiger charge is 2.37. The molecule has 1 aliphatic carbocycles. The quantitative estimate of drug-likeness (QED) is 0.114. The second-order valence-electron chi connectivity index (χ2n) is 12.2. The Kier molecular flexibility index (Phi) is 10.7. The molecule has 6 rings (SSSR count). The molecule has 4 aromatic rings. The van der Waals surface area contributed by atoms with Gasteiger partial charge in [-0.1, -0.05) is 72.7 Å². The fourth-order valence-corrected chi connectivity index (χ4v) is 6.83. The first-order valence-electron chi connectivity index (χ1n) is 16.7. The van der Waals surface area contributed by atoms with E-state index in [0.29, 0.717) is 43.1 Å². The molecule has 2 aliphatic rings. The van der Waals surface area contributed by atoms with Crippen molar-refractivity contribution >= 4 is 12.1 Å². The minimum atomic E-state index is -0.748. The molecule has 1 saturated heterocycles. The fourth-order valence-electron chi connectivity index (χ4n) is 6.83. The van der Waals surface area contributed by atoms with Gasteiger partial charge >= 0.3 is 12.1 Å². The topological polar surface area (TPSA) is 83.5 Å². The Morgan fingerprint density at radius 1 is 0.878 bits per heavy atom. The predicted octanol–water partition coefficient (Wildman–Crippen LogP) is 7.74. The first-order valence-corrected chi connectivity index (χ1v) is 16.7. The van der Waals surface area contributed by atoms with Crippen molar-refractivity contribution in [2.24, 2.45) is 0 Å². The smallest absolute Gasteiger partial charge is 0.410 e. The highest BCUT2D eigenvalue weighted by molar-refractivity contribution is 5.82. The van der Waals surface area contributed by atoms with Crippen LogP contribution in [0.4, 0.5) is 4.79 Å². The van der Waals surface area contributed by atoms with Crippen molar-refractivity contribution in [3.63, 3.8) is 0 Å². The van der Waals surface area contributed by atoms with Crippen LogP contribution in [0, 0.1) is 12.3 Å². The maximum atomic E-state index is 13.9. The predicted molar refractivity (Wildman–Crippen MR) is 187 cm³/mol. The number of aryl methyl sites for hydroxylation is 1. The largest absolute Gasteiger partial charge is 0.497 e. The molecule has 4 aromatic carbocycles. The standard InChI is InChI=1S/C41H41NO7/c1-4-24-47-39-25-28(20-22-38(39)46-3)19-21-37(29-12-11-13-30(26-29)45-2)49-40(43)36-18-9-10-23-42(36)41(44)48-27-35-33-16-7-5-14-31(33)32-15-6-8-17-34(32)35/h1,5-8,11-17,20,22,25-26,35-37H,9-10,18-19,21,23-24,27H2,2-3H3/t36-,37+/m0/s1. The van der Waals surface area contributed by atoms with E-state index in [0.717, 1.165) is 46.2 Å². The number of amides is 1. The van der Waals surface area contributed by atoms with Gasteiger partial charge in [-0.2, -0.15) is 0 Å². The van der Waals surface area contributed by atoms with Crippen LogP contribution in [0.25, 0.3) is 11.1 Å². The van der Waals surface area contributed by atoms with Crippen molar-refractivity contribution in [3.05, 3.63) is 113 Å². The highest BCUT2D eigenvalue weighted by atomic mass is 16.6. The maximum Gasteiger partial charge on any atom is 0.410 e. The minimum Gasteiger partial charge on any atom is -0.497 e. The Balaban J connectivity index is 1.17. The number of terminal acetylenes is 1. The lowest BCUT2D eigenvalue weighted by Crippen LogP contribution is -2.49. The number of methoxy groups -OCH3 is 2. The summed E-state index contributed by atoms with van der Waals surface area (Å²) in [7, 11) is 3.18. The molecule has 0 aromatic heterocycles. The number of esters is 1. The number of fused-ring (bicyclic) bond motifs is 3. The van der Waals surface area contributed by atoms with Crippen LogP contribution in [-0.2, 0) is 20.7 Å². The van der Waals surface area contributed by atoms with E-state index >= 15 is 0 Å². The minimum absolute atomic E-state index is 0.0700. The van der Waals surface area contributed by atoms with Crippen molar-refractivity contribution in [2.75, 3.05) is 34.0 Å². The van der Waals surface area contributed by atoms with Crippen LogP contribution in [0.1, 0.15) is 60.0 Å². The fraction of sp³-hybridized carbons (Fsp3) is 0.317. The number of hydrogen-bond donors (Lipinski definition) is 0. The molecule has 1 heterocycles. The molecule has 1 amide bonds. The van der Waals surface area contributed by atoms with Crippen molar-refractivity contribution < 1.29 is 33.3 Å². The maximum absolute atomic E-state index is 13.9. The van der Waals surface area contributed by atoms with Crippen LogP contribution in [-0.4, -0.2) is 57.0 Å². The molecular weight excluding hydrogens is 618 g/mol. The number of hydrogen-bond acceptors (Lipinski definition) is 7. The number of ether oxygens (including phenoxy) is 5. The third-order valence-electron chi connectivity index (χ3n) is 9.30. The van der Waals surface area contributed by atoms with Gasteiger partial charge in [-0.05, 0) is 89.8 Å². The van der Waals surface area contributed by atoms with E-state index < -0.39 is 24.2 Å². The lowest BCUT2D eigenvalue weighted by atomic mass is 9.98. The van der Waals surface area contributed by atoms with E-state index in [-0.39, 0.29) is 19.1 Å². The van der Waals surface area contributed by atoms with Gasteiger partial charge in [0.15, 0.2) is 11.5 Å². The number of piperidine rings is 1. The Morgan fingerprint density at radius 3 is 2.35 bits per heavy atom. The van der Waals surface area contributed by atoms with Gasteiger partial charge < -0.3 is 23.7 Å². The molecule has 2 atom stereocenters. The van der Waals surface area contributed by atoms with Gasteiger partial charge in [0.1, 0.15) is 31.1 Å². The Hall–Kier alpha value is -5.42. The number of likely N-dealkylation sites (tertiary alicyclic amines) is 1. The van der Waals surface area contributed by atoms with E-state index in [1.165, 1.54) is 0 Å². The van der Waals surface area contributed by atoms with E-state index in [9.17, 15) is 9.59 Å². The van der Waals surface area contributed by atoms with Crippen LogP contribution in [0.5, 0.6) is 17.2 Å². The summed E-state index contributed by atoms with van der Waals surface area (Å²) in [4.78, 5) is 29.1. The van der Waals surface area contributed by atoms with Gasteiger partial charge in [-0.15, -0.1) is 6.42 Å². The van der Waals surface area contributed by atoms with Gasteiger partial charge in [0, 0.05) is 12.5 Å². The normalized spacial score (nSPS) is 15.7. The molecule has 0 spiro atoms. The zero-order chi connectivity index (χ0) is 34.2. The molecule has 0 radical (unpaired) electrons. The summed E-state index contributed by atoms with van der Waals surface area (Å²) in [5, 5.41) is 0. The summed E-state index contributed by atoms with van der Waals surface area (Å²) in [6.45, 7) is 0.727. The molecule has 0 saturated carbocycles. The number of rotatable bonds is 12. The molecule has 0 N–H and O–H groups in total. The summed E-state index contributed by atoms with van der Waals surface area (Å²) >= 11 is 0. The Morgan fingerprint density at radius 2 is 1.63 bits per heavy atom. The highest BCUT2D eigenvalue weighted by Crippen LogP contribution is 2.44. The summed E-state index contributed by atoms with van der Waals surface area (Å²) in [6, 6.07) is 28.9. The summed E-state index contributed by atoms with van der Waals surface area (Å²) in [5.74, 6) is 3.75. The monoisotopic (exact) mass is 659 g/mol. The molecule has 1 fully saturated rings. The zero-order valence-corrected chi connectivity index (χ0v) is 27.9. The van der Waals surface area contributed by atoms with Gasteiger partial charge in [-0.3, -0.25) is 4.90 Å². The molecule has 1 aliphatic heterocycles. The van der Waals surface area contributed by atoms with Gasteiger partial charge in [0.2, 0.25) is 0 Å². The third-order valence-corrected chi connectivity index (χ3v) is 9.30. The third kappa shape index (κ3) is 7.52. The molecule has 252 valence electrons. The summed E-state index contributed by atoms with van der Waals surface area (Å²) in [6.07, 6.45) is 7.47. The Bertz CT molecular complexity index is 1780. The molecule has 8 heteroatoms. The average molecular weight is 660 g/mol. The molecule has 0 unspecified atom stereocenters. The molecule has 0 bridgehead atoms. The molecule has 49 heavy (non-hydrogen) atoms. The summed E-state index contributed by atoms with van der Waals surface area (Å²) in [5.41, 5.74) is 6.36. The van der Waals surface area contributed by atoms with Crippen LogP contribution in [0.3, 0.4) is 0 Å². The zero-order valence-electron chi connectivity index (χ0n) is 27.9. The van der Waals surface area contributed by atoms with Crippen molar-refractivity contribution in [1.82, 2.24) is 4.90 Å². The van der Waals surface area contributed by atoms with E-state index in [1.54, 1.807) is 19.1 Å². The van der Waals surface area contributed by atoms with Gasteiger partial charge in [0.05, 0.1) is 14.2 Å². The number of benzene rings is 4. The lowest BCUT2D eigenvalue weighted by molar-refractivity contribution is -0.157. The van der Waals surface area contributed by atoms with Crippen LogP contribution in [0.15, 0.2) is 91.0 Å². The SMILES string of the molecule is C#CCOc1cc(CC[C@@H](OC(=O)[C@@H]2CCCCN2C(=O)OCC2c3ccccc3-c3ccccc32)c2cccc(OC)c2)ccc1OC. The van der Waals surface area contributed by atoms with Gasteiger partial charge in [-0.25, -0.2) is 9.59 Å².